The van der Waals surface area contributed by atoms with Crippen LogP contribution < -0.4 is 10.9 Å². The Morgan fingerprint density at radius 3 is 2.36 bits per heavy atom. The molecule has 8 heteroatoms. The van der Waals surface area contributed by atoms with Crippen molar-refractivity contribution in [2.24, 2.45) is 0 Å². The summed E-state index contributed by atoms with van der Waals surface area (Å²) in [6.45, 7) is 3.15. The average molecular weight is 462 g/mol. The number of nitrogens with zero attached hydrogens (tertiary/aromatic N) is 2. The number of carbonyl (C=O) groups is 2. The summed E-state index contributed by atoms with van der Waals surface area (Å²) in [7, 11) is 0. The van der Waals surface area contributed by atoms with Gasteiger partial charge in [0.25, 0.3) is 5.56 Å². The van der Waals surface area contributed by atoms with Crippen LogP contribution in [-0.2, 0) is 4.79 Å². The molecule has 1 N–H and O–H groups in total. The highest BCUT2D eigenvalue weighted by Crippen LogP contribution is 2.27. The van der Waals surface area contributed by atoms with E-state index in [4.69, 9.17) is 0 Å². The number of carbonyl (C=O) groups excluding carboxylic acids is 2. The molecule has 0 fully saturated rings. The summed E-state index contributed by atoms with van der Waals surface area (Å²) in [6, 6.07) is 19.3. The lowest BCUT2D eigenvalue weighted by Crippen LogP contribution is -2.26. The van der Waals surface area contributed by atoms with Gasteiger partial charge in [0, 0.05) is 11.3 Å². The Morgan fingerprint density at radius 1 is 1.00 bits per heavy atom. The third-order valence-corrected chi connectivity index (χ3v) is 6.10. The molecule has 4 aromatic rings. The van der Waals surface area contributed by atoms with Crippen LogP contribution in [0.2, 0.25) is 0 Å². The van der Waals surface area contributed by atoms with Crippen molar-refractivity contribution in [2.45, 2.75) is 24.3 Å². The van der Waals surface area contributed by atoms with E-state index in [0.717, 1.165) is 11.8 Å². The molecule has 0 spiro atoms. The first kappa shape index (κ1) is 22.4. The number of hydrogen-bond acceptors (Lipinski definition) is 5. The van der Waals surface area contributed by atoms with Gasteiger partial charge in [0.15, 0.2) is 10.9 Å². The molecule has 0 aliphatic heterocycles. The minimum Gasteiger partial charge on any atom is -0.325 e. The second kappa shape index (κ2) is 9.38. The van der Waals surface area contributed by atoms with Crippen LogP contribution in [0.5, 0.6) is 0 Å². The highest BCUT2D eigenvalue weighted by atomic mass is 32.2. The smallest absolute Gasteiger partial charge is 0.266 e. The van der Waals surface area contributed by atoms with Gasteiger partial charge in [-0.25, -0.2) is 9.37 Å². The number of ketones is 1. The second-order valence-corrected chi connectivity index (χ2v) is 8.69. The fourth-order valence-electron chi connectivity index (χ4n) is 3.28. The number of halogens is 1. The maximum atomic E-state index is 14.6. The maximum Gasteiger partial charge on any atom is 0.266 e. The number of hydrogen-bond donors (Lipinski definition) is 1. The van der Waals surface area contributed by atoms with Gasteiger partial charge in [-0.2, -0.15) is 0 Å². The first-order valence-electron chi connectivity index (χ1n) is 10.2. The Hall–Kier alpha value is -3.78. The van der Waals surface area contributed by atoms with Gasteiger partial charge in [-0.3, -0.25) is 19.0 Å². The standard InChI is InChI=1S/C25H20FN3O3S/c1-15(30)17-11-13-18(14-12-17)27-23(31)16(2)33-25-28-21-9-5-3-7-19(21)24(32)29(25)22-10-6-4-8-20(22)26/h3-14,16H,1-2H3,(H,27,31). The number of para-hydroxylation sites is 2. The van der Waals surface area contributed by atoms with Crippen molar-refractivity contribution >= 4 is 40.0 Å². The first-order chi connectivity index (χ1) is 15.8. The lowest BCUT2D eigenvalue weighted by Gasteiger charge is -2.17. The topological polar surface area (TPSA) is 81.1 Å². The van der Waals surface area contributed by atoms with Crippen molar-refractivity contribution < 1.29 is 14.0 Å². The van der Waals surface area contributed by atoms with Crippen LogP contribution >= 0.6 is 11.8 Å². The van der Waals surface area contributed by atoms with Crippen molar-refractivity contribution in [3.8, 4) is 5.69 Å². The molecule has 0 radical (unpaired) electrons. The summed E-state index contributed by atoms with van der Waals surface area (Å²) < 4.78 is 15.8. The van der Waals surface area contributed by atoms with Crippen molar-refractivity contribution in [2.75, 3.05) is 5.32 Å². The van der Waals surface area contributed by atoms with Gasteiger partial charge in [-0.1, -0.05) is 36.0 Å². The maximum absolute atomic E-state index is 14.6. The fourth-order valence-corrected chi connectivity index (χ4v) is 4.20. The van der Waals surface area contributed by atoms with E-state index in [1.54, 1.807) is 67.6 Å². The van der Waals surface area contributed by atoms with Gasteiger partial charge < -0.3 is 5.32 Å². The van der Waals surface area contributed by atoms with Crippen molar-refractivity contribution in [1.82, 2.24) is 9.55 Å². The molecular formula is C25H20FN3O3S. The molecule has 1 unspecified atom stereocenters. The van der Waals surface area contributed by atoms with E-state index in [2.05, 4.69) is 10.3 Å². The lowest BCUT2D eigenvalue weighted by molar-refractivity contribution is -0.115. The summed E-state index contributed by atoms with van der Waals surface area (Å²) in [5, 5.41) is 2.70. The summed E-state index contributed by atoms with van der Waals surface area (Å²) in [5.74, 6) is -0.954. The van der Waals surface area contributed by atoms with Gasteiger partial charge >= 0.3 is 0 Å². The van der Waals surface area contributed by atoms with Crippen LogP contribution in [0.4, 0.5) is 10.1 Å². The highest BCUT2D eigenvalue weighted by Gasteiger charge is 2.21. The van der Waals surface area contributed by atoms with Crippen LogP contribution in [0.15, 0.2) is 82.7 Å². The number of aromatic nitrogens is 2. The minimum absolute atomic E-state index is 0.0645. The predicted octanol–water partition coefficient (Wildman–Crippen LogP) is 4.85. The highest BCUT2D eigenvalue weighted by molar-refractivity contribution is 8.00. The number of thioether (sulfide) groups is 1. The van der Waals surface area contributed by atoms with Gasteiger partial charge in [0.1, 0.15) is 5.82 Å². The molecule has 0 aliphatic carbocycles. The molecule has 0 saturated heterocycles. The summed E-state index contributed by atoms with van der Waals surface area (Å²) in [6.07, 6.45) is 0. The number of nitrogens with one attached hydrogen (secondary N) is 1. The Bertz CT molecular complexity index is 1420. The van der Waals surface area contributed by atoms with E-state index >= 15 is 0 Å². The zero-order valence-corrected chi connectivity index (χ0v) is 18.7. The molecule has 3 aromatic carbocycles. The Kier molecular flexibility index (Phi) is 6.37. The third-order valence-electron chi connectivity index (χ3n) is 5.05. The number of rotatable bonds is 6. The van der Waals surface area contributed by atoms with E-state index in [9.17, 15) is 18.8 Å². The quantitative estimate of drug-likeness (QED) is 0.252. The Labute approximate surface area is 193 Å². The van der Waals surface area contributed by atoms with Crippen molar-refractivity contribution in [1.29, 1.82) is 0 Å². The summed E-state index contributed by atoms with van der Waals surface area (Å²) in [4.78, 5) is 42.0. The fraction of sp³-hybridized carbons (Fsp3) is 0.120. The van der Waals surface area contributed by atoms with E-state index in [1.165, 1.54) is 23.6 Å². The van der Waals surface area contributed by atoms with Crippen LogP contribution in [0.1, 0.15) is 24.2 Å². The van der Waals surface area contributed by atoms with Gasteiger partial charge in [-0.05, 0) is 62.4 Å². The molecule has 0 saturated carbocycles. The predicted molar refractivity (Wildman–Crippen MR) is 128 cm³/mol. The molecule has 1 atom stereocenters. The van der Waals surface area contributed by atoms with Gasteiger partial charge in [-0.15, -0.1) is 0 Å². The molecule has 4 rings (SSSR count). The van der Waals surface area contributed by atoms with Crippen molar-refractivity contribution in [3.05, 3.63) is 94.5 Å². The van der Waals surface area contributed by atoms with Crippen LogP contribution in [0, 0.1) is 5.82 Å². The SMILES string of the molecule is CC(=O)c1ccc(NC(=O)C(C)Sc2nc3ccccc3c(=O)n2-c2ccccc2F)cc1. The molecule has 1 amide bonds. The Balaban J connectivity index is 1.68. The first-order valence-corrected chi connectivity index (χ1v) is 11.1. The lowest BCUT2D eigenvalue weighted by atomic mass is 10.1. The number of amides is 1. The number of benzene rings is 3. The van der Waals surface area contributed by atoms with Crippen molar-refractivity contribution in [3.63, 3.8) is 0 Å². The summed E-state index contributed by atoms with van der Waals surface area (Å²) in [5.41, 5.74) is 1.20. The molecule has 1 heterocycles. The van der Waals surface area contributed by atoms with Gasteiger partial charge in [0.05, 0.1) is 21.8 Å². The number of anilines is 1. The van der Waals surface area contributed by atoms with E-state index in [0.29, 0.717) is 22.2 Å². The monoisotopic (exact) mass is 461 g/mol. The molecule has 0 bridgehead atoms. The zero-order chi connectivity index (χ0) is 23.5. The number of Topliss-reactive ketones (excluding diaryl/α,β-unsaturated/α-hetero) is 1. The normalized spacial score (nSPS) is 11.8. The Morgan fingerprint density at radius 2 is 1.67 bits per heavy atom. The van der Waals surface area contributed by atoms with Crippen LogP contribution in [0.25, 0.3) is 16.6 Å². The third kappa shape index (κ3) is 4.70. The van der Waals surface area contributed by atoms with Gasteiger partial charge in [0.2, 0.25) is 5.91 Å². The van der Waals surface area contributed by atoms with Crippen LogP contribution in [-0.4, -0.2) is 26.5 Å². The molecule has 1 aromatic heterocycles. The second-order valence-electron chi connectivity index (χ2n) is 7.39. The minimum atomic E-state index is -0.649. The zero-order valence-electron chi connectivity index (χ0n) is 17.9. The number of fused-ring (bicyclic) bond motifs is 1. The van der Waals surface area contributed by atoms with E-state index < -0.39 is 16.6 Å². The molecule has 6 nitrogen and oxygen atoms in total. The van der Waals surface area contributed by atoms with E-state index in [-0.39, 0.29) is 22.5 Å². The molecule has 0 aliphatic rings. The average Bonchev–Trinajstić information content (AvgIpc) is 2.80. The molecular weight excluding hydrogens is 441 g/mol. The largest absolute Gasteiger partial charge is 0.325 e. The summed E-state index contributed by atoms with van der Waals surface area (Å²) >= 11 is 1.06. The molecule has 33 heavy (non-hydrogen) atoms. The van der Waals surface area contributed by atoms with Crippen LogP contribution in [0.3, 0.4) is 0 Å². The molecule has 166 valence electrons. The van der Waals surface area contributed by atoms with E-state index in [1.807, 2.05) is 0 Å².